The zero-order chi connectivity index (χ0) is 14.8. The predicted octanol–water partition coefficient (Wildman–Crippen LogP) is 2.83. The van der Waals surface area contributed by atoms with Crippen LogP contribution in [0.5, 0.6) is 0 Å². The van der Waals surface area contributed by atoms with Crippen molar-refractivity contribution in [2.75, 3.05) is 26.7 Å². The molecule has 4 nitrogen and oxygen atoms in total. The number of piperidine rings is 1. The minimum absolute atomic E-state index is 0.461. The molecule has 0 atom stereocenters. The monoisotopic (exact) mass is 380 g/mol. The van der Waals surface area contributed by atoms with Gasteiger partial charge in [0.15, 0.2) is 0 Å². The molecule has 1 N–H and O–H groups in total. The Kier molecular flexibility index (Phi) is 5.64. The molecule has 0 aromatic carbocycles. The Morgan fingerprint density at radius 2 is 2.10 bits per heavy atom. The maximum Gasteiger partial charge on any atom is 0.244 e. The number of hydrogen-bond acceptors (Lipinski definition) is 4. The summed E-state index contributed by atoms with van der Waals surface area (Å²) in [7, 11) is -1.36. The van der Waals surface area contributed by atoms with Crippen LogP contribution in [0, 0.1) is 12.8 Å². The molecule has 1 aliphatic heterocycles. The lowest BCUT2D eigenvalue weighted by atomic mass is 9.95. The summed E-state index contributed by atoms with van der Waals surface area (Å²) < 4.78 is 27.8. The van der Waals surface area contributed by atoms with E-state index in [9.17, 15) is 8.42 Å². The Morgan fingerprint density at radius 3 is 2.60 bits per heavy atom. The third kappa shape index (κ3) is 3.62. The number of sulfonamides is 1. The highest BCUT2D eigenvalue weighted by molar-refractivity contribution is 9.11. The van der Waals surface area contributed by atoms with Gasteiger partial charge >= 0.3 is 0 Å². The lowest BCUT2D eigenvalue weighted by Gasteiger charge is -2.31. The van der Waals surface area contributed by atoms with E-state index >= 15 is 0 Å². The van der Waals surface area contributed by atoms with Crippen molar-refractivity contribution < 1.29 is 8.42 Å². The Balaban J connectivity index is 2.04. The molecule has 1 aromatic heterocycles. The lowest BCUT2D eigenvalue weighted by Crippen LogP contribution is -2.39. The van der Waals surface area contributed by atoms with Gasteiger partial charge in [-0.3, -0.25) is 0 Å². The molecule has 0 bridgehead atoms. The summed E-state index contributed by atoms with van der Waals surface area (Å²) in [5, 5.41) is 3.16. The van der Waals surface area contributed by atoms with Gasteiger partial charge in [0.25, 0.3) is 0 Å². The Labute approximate surface area is 133 Å². The zero-order valence-corrected chi connectivity index (χ0v) is 15.1. The van der Waals surface area contributed by atoms with Gasteiger partial charge in [-0.05, 0) is 67.7 Å². The second-order valence-electron chi connectivity index (χ2n) is 5.21. The van der Waals surface area contributed by atoms with Gasteiger partial charge < -0.3 is 5.32 Å². The molecule has 0 spiro atoms. The maximum absolute atomic E-state index is 12.6. The lowest BCUT2D eigenvalue weighted by molar-refractivity contribution is 0.263. The fraction of sp³-hybridized carbons (Fsp3) is 0.692. The molecule has 1 aromatic rings. The molecular weight excluding hydrogens is 360 g/mol. The van der Waals surface area contributed by atoms with E-state index in [0.717, 1.165) is 34.5 Å². The number of hydrogen-bond donors (Lipinski definition) is 1. The Hall–Kier alpha value is 0.0500. The standard InChI is InChI=1S/C13H21BrN2O2S2/c1-10-12(9-13(14)19-10)20(17,18)16-7-4-11(5-8-16)3-6-15-2/h9,11,15H,3-8H2,1-2H3. The number of aryl methyl sites for hydroxylation is 1. The summed E-state index contributed by atoms with van der Waals surface area (Å²) in [5.74, 6) is 0.643. The number of nitrogens with zero attached hydrogens (tertiary/aromatic N) is 1. The van der Waals surface area contributed by atoms with Crippen molar-refractivity contribution in [1.82, 2.24) is 9.62 Å². The molecule has 0 unspecified atom stereocenters. The van der Waals surface area contributed by atoms with Crippen molar-refractivity contribution in [3.63, 3.8) is 0 Å². The van der Waals surface area contributed by atoms with Crippen LogP contribution in [0.4, 0.5) is 0 Å². The van der Waals surface area contributed by atoms with Crippen LogP contribution in [0.15, 0.2) is 14.7 Å². The third-order valence-corrected chi connectivity index (χ3v) is 7.54. The molecular formula is C13H21BrN2O2S2. The van der Waals surface area contributed by atoms with Crippen LogP contribution in [-0.4, -0.2) is 39.4 Å². The smallest absolute Gasteiger partial charge is 0.244 e. The molecule has 0 saturated carbocycles. The predicted molar refractivity (Wildman–Crippen MR) is 86.8 cm³/mol. The largest absolute Gasteiger partial charge is 0.320 e. The molecule has 0 amide bonds. The number of nitrogens with one attached hydrogen (secondary N) is 1. The van der Waals surface area contributed by atoms with Gasteiger partial charge in [-0.1, -0.05) is 0 Å². The normalized spacial score (nSPS) is 18.6. The van der Waals surface area contributed by atoms with E-state index in [0.29, 0.717) is 23.9 Å². The van der Waals surface area contributed by atoms with Crippen LogP contribution in [0.25, 0.3) is 0 Å². The summed E-state index contributed by atoms with van der Waals surface area (Å²) in [4.78, 5) is 1.32. The molecule has 1 aliphatic rings. The summed E-state index contributed by atoms with van der Waals surface area (Å²) in [5.41, 5.74) is 0. The van der Waals surface area contributed by atoms with Crippen molar-refractivity contribution in [2.24, 2.45) is 5.92 Å². The first-order valence-electron chi connectivity index (χ1n) is 6.86. The molecule has 0 aliphatic carbocycles. The Bertz CT molecular complexity index is 549. The molecule has 1 saturated heterocycles. The summed E-state index contributed by atoms with van der Waals surface area (Å²) in [6, 6.07) is 1.72. The van der Waals surface area contributed by atoms with Crippen molar-refractivity contribution in [2.45, 2.75) is 31.1 Å². The molecule has 7 heteroatoms. The number of halogens is 1. The third-order valence-electron chi connectivity index (χ3n) is 3.84. The zero-order valence-electron chi connectivity index (χ0n) is 11.9. The van der Waals surface area contributed by atoms with Gasteiger partial charge in [0.05, 0.1) is 8.68 Å². The average molecular weight is 381 g/mol. The molecule has 114 valence electrons. The first kappa shape index (κ1) is 16.4. The van der Waals surface area contributed by atoms with Crippen molar-refractivity contribution in [3.05, 3.63) is 14.7 Å². The van der Waals surface area contributed by atoms with Gasteiger partial charge in [0.1, 0.15) is 0 Å². The van der Waals surface area contributed by atoms with Crippen LogP contribution in [0.2, 0.25) is 0 Å². The van der Waals surface area contributed by atoms with E-state index in [2.05, 4.69) is 21.2 Å². The maximum atomic E-state index is 12.6. The summed E-state index contributed by atoms with van der Waals surface area (Å²) in [6.07, 6.45) is 3.06. The Morgan fingerprint density at radius 1 is 1.45 bits per heavy atom. The van der Waals surface area contributed by atoms with E-state index in [1.165, 1.54) is 11.3 Å². The molecule has 2 heterocycles. The minimum Gasteiger partial charge on any atom is -0.320 e. The number of thiophene rings is 1. The van der Waals surface area contributed by atoms with Crippen LogP contribution >= 0.6 is 27.3 Å². The highest BCUT2D eigenvalue weighted by Crippen LogP contribution is 2.33. The fourth-order valence-electron chi connectivity index (χ4n) is 2.61. The van der Waals surface area contributed by atoms with Crippen LogP contribution in [0.3, 0.4) is 0 Å². The molecule has 1 fully saturated rings. The fourth-order valence-corrected chi connectivity index (χ4v) is 6.47. The topological polar surface area (TPSA) is 49.4 Å². The van der Waals surface area contributed by atoms with Crippen LogP contribution in [0.1, 0.15) is 24.1 Å². The SMILES string of the molecule is CNCCC1CCN(S(=O)(=O)c2cc(Br)sc2C)CC1. The van der Waals surface area contributed by atoms with Gasteiger partial charge in [-0.25, -0.2) is 8.42 Å². The molecule has 0 radical (unpaired) electrons. The van der Waals surface area contributed by atoms with E-state index in [-0.39, 0.29) is 0 Å². The highest BCUT2D eigenvalue weighted by Gasteiger charge is 2.31. The van der Waals surface area contributed by atoms with Gasteiger partial charge in [0.2, 0.25) is 10.0 Å². The second-order valence-corrected chi connectivity index (χ2v) is 9.75. The van der Waals surface area contributed by atoms with Crippen LogP contribution in [-0.2, 0) is 10.0 Å². The first-order valence-corrected chi connectivity index (χ1v) is 9.90. The number of rotatable bonds is 5. The molecule has 20 heavy (non-hydrogen) atoms. The van der Waals surface area contributed by atoms with Crippen molar-refractivity contribution in [3.8, 4) is 0 Å². The van der Waals surface area contributed by atoms with E-state index in [1.807, 2.05) is 14.0 Å². The minimum atomic E-state index is -3.32. The van der Waals surface area contributed by atoms with E-state index in [4.69, 9.17) is 0 Å². The van der Waals surface area contributed by atoms with Crippen molar-refractivity contribution in [1.29, 1.82) is 0 Å². The van der Waals surface area contributed by atoms with E-state index in [1.54, 1.807) is 10.4 Å². The quantitative estimate of drug-likeness (QED) is 0.853. The van der Waals surface area contributed by atoms with Crippen molar-refractivity contribution >= 4 is 37.3 Å². The van der Waals surface area contributed by atoms with E-state index < -0.39 is 10.0 Å². The van der Waals surface area contributed by atoms with Gasteiger partial charge in [0, 0.05) is 18.0 Å². The molecule has 2 rings (SSSR count). The average Bonchev–Trinajstić information content (AvgIpc) is 2.76. The summed E-state index contributed by atoms with van der Waals surface area (Å²) in [6.45, 7) is 4.16. The summed E-state index contributed by atoms with van der Waals surface area (Å²) >= 11 is 4.84. The first-order chi connectivity index (χ1) is 9.45. The highest BCUT2D eigenvalue weighted by atomic mass is 79.9. The second kappa shape index (κ2) is 6.87. The van der Waals surface area contributed by atoms with Crippen LogP contribution < -0.4 is 5.32 Å². The van der Waals surface area contributed by atoms with Gasteiger partial charge in [-0.15, -0.1) is 11.3 Å². The van der Waals surface area contributed by atoms with Gasteiger partial charge in [-0.2, -0.15) is 4.31 Å².